The van der Waals surface area contributed by atoms with Crippen LogP contribution in [0.3, 0.4) is 0 Å². The molecule has 0 spiro atoms. The number of rotatable bonds is 0. The van der Waals surface area contributed by atoms with Crippen LogP contribution < -0.4 is 6.15 Å². The fourth-order valence-corrected chi connectivity index (χ4v) is 0. The van der Waals surface area contributed by atoms with Crippen LogP contribution >= 0.6 is 0 Å². The van der Waals surface area contributed by atoms with E-state index in [1.807, 2.05) is 0 Å². The summed E-state index contributed by atoms with van der Waals surface area (Å²) < 4.78 is 68.2. The second-order valence-electron chi connectivity index (χ2n) is 0.816. The van der Waals surface area contributed by atoms with Crippen LogP contribution in [-0.4, -0.2) is 35.0 Å². The monoisotopic (exact) mass is 325 g/mol. The summed E-state index contributed by atoms with van der Waals surface area (Å²) in [5.41, 5.74) is 0. The Balaban J connectivity index is -0.0000000267. The Bertz CT molecular complexity index is 217. The summed E-state index contributed by atoms with van der Waals surface area (Å²) in [4.78, 5) is 0. The van der Waals surface area contributed by atoms with Gasteiger partial charge in [0, 0.05) is 20.8 Å². The third kappa shape index (κ3) is 3070. The van der Waals surface area contributed by atoms with E-state index in [9.17, 15) is 0 Å². The molecule has 0 aromatic heterocycles. The van der Waals surface area contributed by atoms with Gasteiger partial charge in [0.05, 0.1) is 0 Å². The van der Waals surface area contributed by atoms with Crippen molar-refractivity contribution in [3.63, 3.8) is 0 Å². The first kappa shape index (κ1) is 29.2. The first-order valence-electron chi connectivity index (χ1n) is 1.33. The summed E-state index contributed by atoms with van der Waals surface area (Å²) in [5, 5.41) is 0. The van der Waals surface area contributed by atoms with E-state index < -0.39 is 20.8 Å². The molecule has 0 aromatic carbocycles. The zero-order valence-electron chi connectivity index (χ0n) is 5.42. The van der Waals surface area contributed by atoms with Gasteiger partial charge in [0.1, 0.15) is 0 Å². The van der Waals surface area contributed by atoms with Crippen molar-refractivity contribution in [1.29, 1.82) is 0 Å². The Morgan fingerprint density at radius 3 is 0.615 bits per heavy atom. The van der Waals surface area contributed by atoms with E-state index in [0.29, 0.717) is 0 Å². The molecule has 0 atom stereocenters. The smallest absolute Gasteiger partial charge is 0.759 e. The maximum Gasteiger partial charge on any atom is 2.00 e. The molecule has 0 aliphatic heterocycles. The van der Waals surface area contributed by atoms with Gasteiger partial charge in [-0.2, -0.15) is 0 Å². The first-order chi connectivity index (χ1) is 4.00. The molecule has 0 aliphatic rings. The molecule has 0 saturated carbocycles. The van der Waals surface area contributed by atoms with Crippen molar-refractivity contribution < 1.29 is 68.0 Å². The molecular formula is H3NNi2O8S2. The summed E-state index contributed by atoms with van der Waals surface area (Å²) >= 11 is 0. The van der Waals surface area contributed by atoms with E-state index in [1.165, 1.54) is 0 Å². The Kier molecular flexibility index (Phi) is 24.2. The molecule has 9 nitrogen and oxygen atoms in total. The Labute approximate surface area is 94.9 Å². The summed E-state index contributed by atoms with van der Waals surface area (Å²) in [7, 11) is -10.3. The van der Waals surface area contributed by atoms with Crippen LogP contribution in [-0.2, 0) is 53.8 Å². The van der Waals surface area contributed by atoms with E-state index in [4.69, 9.17) is 35.0 Å². The fraction of sp³-hybridized carbons (Fsp3) is 0. The molecular weight excluding hydrogens is 324 g/mol. The van der Waals surface area contributed by atoms with Crippen LogP contribution in [0.1, 0.15) is 0 Å². The van der Waals surface area contributed by atoms with Gasteiger partial charge in [0.2, 0.25) is 0 Å². The third-order valence-corrected chi connectivity index (χ3v) is 0. The molecule has 0 fully saturated rings. The fourth-order valence-electron chi connectivity index (χ4n) is 0. The van der Waals surface area contributed by atoms with Gasteiger partial charge in [0.15, 0.2) is 0 Å². The van der Waals surface area contributed by atoms with E-state index >= 15 is 0 Å². The van der Waals surface area contributed by atoms with Crippen LogP contribution in [0.15, 0.2) is 0 Å². The minimum Gasteiger partial charge on any atom is -0.759 e. The van der Waals surface area contributed by atoms with Crippen molar-refractivity contribution in [2.45, 2.75) is 0 Å². The molecule has 0 saturated heterocycles. The van der Waals surface area contributed by atoms with E-state index in [0.717, 1.165) is 0 Å². The Hall–Kier alpha value is 0.687. The summed E-state index contributed by atoms with van der Waals surface area (Å²) in [6.07, 6.45) is 0. The predicted molar refractivity (Wildman–Crippen MR) is 26.0 cm³/mol. The third-order valence-electron chi connectivity index (χ3n) is 0. The van der Waals surface area contributed by atoms with Crippen LogP contribution in [0.4, 0.5) is 0 Å². The molecule has 3 N–H and O–H groups in total. The van der Waals surface area contributed by atoms with Crippen LogP contribution in [0.25, 0.3) is 0 Å². The molecule has 0 aromatic rings. The SMILES string of the molecule is N.O=S(=O)([O-])[O-].O=S(=O)([O-])[O-].[Ni+2].[Ni+2]. The van der Waals surface area contributed by atoms with Crippen LogP contribution in [0, 0.1) is 0 Å². The van der Waals surface area contributed by atoms with Gasteiger partial charge < -0.3 is 24.4 Å². The van der Waals surface area contributed by atoms with Crippen molar-refractivity contribution in [2.75, 3.05) is 0 Å². The van der Waals surface area contributed by atoms with Crippen LogP contribution in [0.2, 0.25) is 0 Å². The molecule has 13 heteroatoms. The van der Waals surface area contributed by atoms with Crippen molar-refractivity contribution in [2.24, 2.45) is 0 Å². The first-order valence-corrected chi connectivity index (χ1v) is 4.00. The molecule has 0 rings (SSSR count). The van der Waals surface area contributed by atoms with Gasteiger partial charge >= 0.3 is 33.0 Å². The molecule has 0 heterocycles. The minimum atomic E-state index is -5.17. The number of hydrogen-bond donors (Lipinski definition) is 1. The largest absolute Gasteiger partial charge is 2.00 e. The normalized spacial score (nSPS) is 8.92. The maximum atomic E-state index is 8.52. The zero-order valence-corrected chi connectivity index (χ0v) is 9.03. The minimum absolute atomic E-state index is 0. The van der Waals surface area contributed by atoms with Gasteiger partial charge in [-0.3, -0.25) is 16.8 Å². The predicted octanol–water partition coefficient (Wildman–Crippen LogP) is -2.52. The van der Waals surface area contributed by atoms with E-state index in [2.05, 4.69) is 0 Å². The molecule has 0 amide bonds. The van der Waals surface area contributed by atoms with Gasteiger partial charge in [-0.25, -0.2) is 0 Å². The van der Waals surface area contributed by atoms with E-state index in [1.54, 1.807) is 0 Å². The topological polar surface area (TPSA) is 196 Å². The summed E-state index contributed by atoms with van der Waals surface area (Å²) in [6, 6.07) is 0. The average molecular weight is 327 g/mol. The van der Waals surface area contributed by atoms with Crippen molar-refractivity contribution in [3.05, 3.63) is 0 Å². The Morgan fingerprint density at radius 1 is 0.615 bits per heavy atom. The molecule has 88 valence electrons. The van der Waals surface area contributed by atoms with Gasteiger partial charge in [0.25, 0.3) is 0 Å². The molecule has 0 unspecified atom stereocenters. The molecule has 13 heavy (non-hydrogen) atoms. The van der Waals surface area contributed by atoms with Gasteiger partial charge in [-0.15, -0.1) is 0 Å². The second kappa shape index (κ2) is 10.8. The standard InChI is InChI=1S/H3N.2Ni.2H2O4S/c;;;2*1-5(2,3)4/h1H3;;;2*(H2,1,2,3,4)/q;2*+2;;/p-4. The summed E-state index contributed by atoms with van der Waals surface area (Å²) in [6.45, 7) is 0. The molecule has 0 bridgehead atoms. The van der Waals surface area contributed by atoms with Crippen molar-refractivity contribution in [1.82, 2.24) is 6.15 Å². The quantitative estimate of drug-likeness (QED) is 0.283. The van der Waals surface area contributed by atoms with Gasteiger partial charge in [-0.05, 0) is 0 Å². The number of hydrogen-bond acceptors (Lipinski definition) is 9. The van der Waals surface area contributed by atoms with E-state index in [-0.39, 0.29) is 39.1 Å². The molecule has 0 radical (unpaired) electrons. The van der Waals surface area contributed by atoms with Gasteiger partial charge in [-0.1, -0.05) is 0 Å². The average Bonchev–Trinajstić information content (AvgIpc) is 1.12. The Morgan fingerprint density at radius 2 is 0.615 bits per heavy atom. The van der Waals surface area contributed by atoms with Crippen molar-refractivity contribution in [3.8, 4) is 0 Å². The molecule has 0 aliphatic carbocycles. The van der Waals surface area contributed by atoms with Crippen LogP contribution in [0.5, 0.6) is 0 Å². The van der Waals surface area contributed by atoms with Crippen molar-refractivity contribution >= 4 is 20.8 Å². The zero-order chi connectivity index (χ0) is 9.00. The summed E-state index contributed by atoms with van der Waals surface area (Å²) in [5.74, 6) is 0. The second-order valence-corrected chi connectivity index (χ2v) is 2.45. The maximum absolute atomic E-state index is 8.52.